The third-order valence-corrected chi connectivity index (χ3v) is 3.36. The second kappa shape index (κ2) is 3.44. The van der Waals surface area contributed by atoms with Crippen molar-refractivity contribution in [3.63, 3.8) is 0 Å². The molecule has 2 saturated heterocycles. The lowest BCUT2D eigenvalue weighted by Gasteiger charge is -2.33. The molecular formula is C12H16O3. The van der Waals surface area contributed by atoms with E-state index in [2.05, 4.69) is 6.08 Å². The average Bonchev–Trinajstić information content (AvgIpc) is 3.04. The van der Waals surface area contributed by atoms with Crippen molar-refractivity contribution in [1.29, 1.82) is 0 Å². The summed E-state index contributed by atoms with van der Waals surface area (Å²) in [5, 5.41) is 10.5. The zero-order valence-corrected chi connectivity index (χ0v) is 8.63. The monoisotopic (exact) mass is 208 g/mol. The molecule has 2 heterocycles. The van der Waals surface area contributed by atoms with Crippen LogP contribution < -0.4 is 0 Å². The van der Waals surface area contributed by atoms with Gasteiger partial charge in [-0.2, -0.15) is 0 Å². The van der Waals surface area contributed by atoms with Gasteiger partial charge in [-0.05, 0) is 6.42 Å². The van der Waals surface area contributed by atoms with Crippen molar-refractivity contribution < 1.29 is 14.6 Å². The van der Waals surface area contributed by atoms with Gasteiger partial charge >= 0.3 is 0 Å². The first-order valence-corrected chi connectivity index (χ1v) is 5.58. The zero-order chi connectivity index (χ0) is 10.3. The number of aliphatic hydroxyl groups is 1. The summed E-state index contributed by atoms with van der Waals surface area (Å²) in [4.78, 5) is 0. The molecule has 0 amide bonds. The van der Waals surface area contributed by atoms with Gasteiger partial charge in [-0.1, -0.05) is 24.3 Å². The zero-order valence-electron chi connectivity index (χ0n) is 8.63. The molecule has 3 heteroatoms. The van der Waals surface area contributed by atoms with E-state index in [0.29, 0.717) is 12.5 Å². The molecule has 3 rings (SSSR count). The lowest BCUT2D eigenvalue weighted by Crippen LogP contribution is -2.38. The minimum absolute atomic E-state index is 0.180. The highest BCUT2D eigenvalue weighted by molar-refractivity contribution is 5.22. The molecule has 2 fully saturated rings. The number of ether oxygens (including phenoxy) is 2. The van der Waals surface area contributed by atoms with Gasteiger partial charge in [0.15, 0.2) is 0 Å². The van der Waals surface area contributed by atoms with Gasteiger partial charge in [0.25, 0.3) is 0 Å². The van der Waals surface area contributed by atoms with E-state index in [9.17, 15) is 5.11 Å². The molecule has 4 unspecified atom stereocenters. The maximum absolute atomic E-state index is 10.5. The van der Waals surface area contributed by atoms with Gasteiger partial charge in [0.1, 0.15) is 0 Å². The quantitative estimate of drug-likeness (QED) is 0.702. The lowest BCUT2D eigenvalue weighted by atomic mass is 9.78. The van der Waals surface area contributed by atoms with Crippen LogP contribution >= 0.6 is 0 Å². The van der Waals surface area contributed by atoms with E-state index in [1.807, 2.05) is 18.2 Å². The number of hydrogen-bond acceptors (Lipinski definition) is 3. The van der Waals surface area contributed by atoms with Crippen molar-refractivity contribution in [2.75, 3.05) is 13.2 Å². The third kappa shape index (κ3) is 2.14. The third-order valence-electron chi connectivity index (χ3n) is 3.36. The molecule has 1 aliphatic carbocycles. The van der Waals surface area contributed by atoms with Crippen LogP contribution in [0.3, 0.4) is 0 Å². The van der Waals surface area contributed by atoms with Crippen LogP contribution in [0.25, 0.3) is 0 Å². The highest BCUT2D eigenvalue weighted by Crippen LogP contribution is 2.37. The molecule has 15 heavy (non-hydrogen) atoms. The molecule has 4 atom stereocenters. The number of epoxide rings is 2. The molecule has 0 spiro atoms. The minimum atomic E-state index is -0.720. The summed E-state index contributed by atoms with van der Waals surface area (Å²) in [5.41, 5.74) is -0.720. The fraction of sp³-hybridized carbons (Fsp3) is 0.667. The molecular weight excluding hydrogens is 192 g/mol. The van der Waals surface area contributed by atoms with Crippen LogP contribution in [0.15, 0.2) is 24.3 Å². The van der Waals surface area contributed by atoms with Crippen molar-refractivity contribution >= 4 is 0 Å². The Morgan fingerprint density at radius 3 is 2.60 bits per heavy atom. The number of rotatable bonds is 4. The van der Waals surface area contributed by atoms with E-state index in [0.717, 1.165) is 19.6 Å². The first kappa shape index (κ1) is 9.58. The van der Waals surface area contributed by atoms with Crippen LogP contribution in [0, 0.1) is 5.92 Å². The topological polar surface area (TPSA) is 45.3 Å². The summed E-state index contributed by atoms with van der Waals surface area (Å²) < 4.78 is 10.4. The molecule has 3 aliphatic rings. The Bertz CT molecular complexity index is 302. The van der Waals surface area contributed by atoms with Gasteiger partial charge in [-0.25, -0.2) is 0 Å². The molecule has 0 aromatic rings. The summed E-state index contributed by atoms with van der Waals surface area (Å²) >= 11 is 0. The van der Waals surface area contributed by atoms with Gasteiger partial charge in [0.05, 0.1) is 31.0 Å². The standard InChI is InChI=1S/C12H16O3/c13-12(6-11-8-15-11)4-2-1-3-9(12)5-10-7-14-10/h1-4,9-11,13H,5-8H2. The van der Waals surface area contributed by atoms with E-state index in [1.165, 1.54) is 0 Å². The van der Waals surface area contributed by atoms with Crippen molar-refractivity contribution in [3.05, 3.63) is 24.3 Å². The van der Waals surface area contributed by atoms with Gasteiger partial charge in [-0.15, -0.1) is 0 Å². The Balaban J connectivity index is 1.70. The Kier molecular flexibility index (Phi) is 2.20. The van der Waals surface area contributed by atoms with Crippen molar-refractivity contribution in [2.45, 2.75) is 30.7 Å². The molecule has 2 aliphatic heterocycles. The lowest BCUT2D eigenvalue weighted by molar-refractivity contribution is 0.0246. The van der Waals surface area contributed by atoms with Crippen molar-refractivity contribution in [2.24, 2.45) is 5.92 Å². The summed E-state index contributed by atoms with van der Waals surface area (Å²) in [6, 6.07) is 0. The largest absolute Gasteiger partial charge is 0.385 e. The highest BCUT2D eigenvalue weighted by atomic mass is 16.6. The van der Waals surface area contributed by atoms with Crippen molar-refractivity contribution in [1.82, 2.24) is 0 Å². The maximum atomic E-state index is 10.5. The van der Waals surface area contributed by atoms with E-state index in [1.54, 1.807) is 0 Å². The fourth-order valence-corrected chi connectivity index (χ4v) is 2.25. The van der Waals surface area contributed by atoms with E-state index < -0.39 is 5.60 Å². The smallest absolute Gasteiger partial charge is 0.0919 e. The van der Waals surface area contributed by atoms with Crippen LogP contribution in [0.5, 0.6) is 0 Å². The van der Waals surface area contributed by atoms with E-state index in [-0.39, 0.29) is 12.0 Å². The van der Waals surface area contributed by atoms with Gasteiger partial charge < -0.3 is 14.6 Å². The molecule has 3 nitrogen and oxygen atoms in total. The molecule has 82 valence electrons. The van der Waals surface area contributed by atoms with E-state index in [4.69, 9.17) is 9.47 Å². The second-order valence-corrected chi connectivity index (χ2v) is 4.69. The first-order valence-electron chi connectivity index (χ1n) is 5.58. The molecule has 0 radical (unpaired) electrons. The molecule has 0 aromatic heterocycles. The summed E-state index contributed by atoms with van der Waals surface area (Å²) in [6.45, 7) is 1.65. The summed E-state index contributed by atoms with van der Waals surface area (Å²) in [5.74, 6) is 0.180. The molecule has 0 bridgehead atoms. The van der Waals surface area contributed by atoms with Crippen LogP contribution in [-0.2, 0) is 9.47 Å². The average molecular weight is 208 g/mol. The van der Waals surface area contributed by atoms with Crippen molar-refractivity contribution in [3.8, 4) is 0 Å². The normalized spacial score (nSPS) is 46.9. The first-order chi connectivity index (χ1) is 7.26. The minimum Gasteiger partial charge on any atom is -0.385 e. The Morgan fingerprint density at radius 2 is 1.93 bits per heavy atom. The second-order valence-electron chi connectivity index (χ2n) is 4.69. The SMILES string of the molecule is OC1(CC2CO2)C=CC=CC1CC1CO1. The number of hydrogen-bond donors (Lipinski definition) is 1. The Morgan fingerprint density at radius 1 is 1.20 bits per heavy atom. The fourth-order valence-electron chi connectivity index (χ4n) is 2.25. The van der Waals surface area contributed by atoms with Crippen LogP contribution in [-0.4, -0.2) is 36.1 Å². The van der Waals surface area contributed by atoms with Gasteiger partial charge in [-0.3, -0.25) is 0 Å². The van der Waals surface area contributed by atoms with Gasteiger partial charge in [0, 0.05) is 12.3 Å². The van der Waals surface area contributed by atoms with Crippen LogP contribution in [0.1, 0.15) is 12.8 Å². The molecule has 0 aromatic carbocycles. The van der Waals surface area contributed by atoms with Crippen LogP contribution in [0.4, 0.5) is 0 Å². The summed E-state index contributed by atoms with van der Waals surface area (Å²) in [7, 11) is 0. The molecule has 1 N–H and O–H groups in total. The number of allylic oxidation sites excluding steroid dienone is 2. The Labute approximate surface area is 89.4 Å². The predicted octanol–water partition coefficient (Wildman–Crippen LogP) is 1.04. The summed E-state index contributed by atoms with van der Waals surface area (Å²) in [6.07, 6.45) is 10.2. The molecule has 0 saturated carbocycles. The Hall–Kier alpha value is -0.640. The van der Waals surface area contributed by atoms with Crippen LogP contribution in [0.2, 0.25) is 0 Å². The van der Waals surface area contributed by atoms with Gasteiger partial charge in [0.2, 0.25) is 0 Å². The predicted molar refractivity (Wildman–Crippen MR) is 55.4 cm³/mol. The highest BCUT2D eigenvalue weighted by Gasteiger charge is 2.42. The van der Waals surface area contributed by atoms with E-state index >= 15 is 0 Å². The maximum Gasteiger partial charge on any atom is 0.0919 e.